The number of alkyl halides is 6. The molecule has 8 nitrogen and oxygen atoms in total. The Hall–Kier alpha value is -3.82. The van der Waals surface area contributed by atoms with E-state index in [2.05, 4.69) is 9.97 Å². The van der Waals surface area contributed by atoms with Gasteiger partial charge in [0.05, 0.1) is 17.2 Å². The van der Waals surface area contributed by atoms with E-state index in [9.17, 15) is 49.8 Å². The summed E-state index contributed by atoms with van der Waals surface area (Å²) in [7, 11) is 0. The Kier molecular flexibility index (Phi) is 5.67. The van der Waals surface area contributed by atoms with Crippen LogP contribution in [0, 0.1) is 17.6 Å². The lowest BCUT2D eigenvalue weighted by Crippen LogP contribution is -2.55. The highest BCUT2D eigenvalue weighted by atomic mass is 19.4. The van der Waals surface area contributed by atoms with E-state index in [1.165, 1.54) is 6.07 Å². The van der Waals surface area contributed by atoms with E-state index < -0.39 is 63.7 Å². The second-order valence-corrected chi connectivity index (χ2v) is 9.12. The van der Waals surface area contributed by atoms with Crippen LogP contribution in [-0.4, -0.2) is 62.6 Å². The van der Waals surface area contributed by atoms with E-state index >= 15 is 0 Å². The predicted molar refractivity (Wildman–Crippen MR) is 114 cm³/mol. The van der Waals surface area contributed by atoms with Crippen LogP contribution in [0.4, 0.5) is 40.9 Å². The van der Waals surface area contributed by atoms with Crippen molar-refractivity contribution in [3.63, 3.8) is 0 Å². The zero-order valence-corrected chi connectivity index (χ0v) is 18.7. The average Bonchev–Trinajstić information content (AvgIpc) is 3.32. The number of anilines is 1. The van der Waals surface area contributed by atoms with Crippen molar-refractivity contribution < 1.29 is 45.0 Å². The molecule has 2 fully saturated rings. The number of amides is 1. The van der Waals surface area contributed by atoms with Gasteiger partial charge in [0.15, 0.2) is 17.3 Å². The molecule has 0 bridgehead atoms. The number of pyridine rings is 3. The maximum Gasteiger partial charge on any atom is 0.417 e. The van der Waals surface area contributed by atoms with E-state index in [-0.39, 0.29) is 23.9 Å². The lowest BCUT2D eigenvalue weighted by molar-refractivity contribution is -0.255. The minimum atomic E-state index is -5.94. The number of nitrogens with zero attached hydrogens (tertiary/aromatic N) is 4. The van der Waals surface area contributed by atoms with E-state index in [1.54, 1.807) is 4.90 Å². The van der Waals surface area contributed by atoms with Crippen molar-refractivity contribution in [3.8, 4) is 5.82 Å². The standard InChI is InChI=1S/C22H15F8N5O3/c23-10-3-13(24)17(31-5-10)35-7-12(18(37)33-19(21(25,26)27)22(28,29)30)15(36)11-1-2-14(32-16(11)35)34-6-9-4-20(9,38)8-34/h1-3,5,7,9,19,38H,4,6,8H2,(H,33,37). The van der Waals surface area contributed by atoms with Gasteiger partial charge in [0.1, 0.15) is 17.2 Å². The Labute approximate surface area is 206 Å². The maximum atomic E-state index is 14.7. The first kappa shape index (κ1) is 25.8. The number of hydrogen-bond acceptors (Lipinski definition) is 6. The second-order valence-electron chi connectivity index (χ2n) is 9.12. The van der Waals surface area contributed by atoms with E-state index in [0.717, 1.165) is 11.4 Å². The van der Waals surface area contributed by atoms with Crippen molar-refractivity contribution in [1.29, 1.82) is 0 Å². The molecule has 202 valence electrons. The number of rotatable bonds is 4. The fraction of sp³-hybridized carbons (Fsp3) is 0.364. The van der Waals surface area contributed by atoms with Gasteiger partial charge in [-0.25, -0.2) is 18.7 Å². The number of β-amino-alcohol motifs (C(OH)–C–C–N with tert-alkyl or cyclic N) is 1. The minimum absolute atomic E-state index is 0.0142. The highest BCUT2D eigenvalue weighted by Gasteiger charge is 2.59. The molecule has 38 heavy (non-hydrogen) atoms. The van der Waals surface area contributed by atoms with Gasteiger partial charge in [0.2, 0.25) is 11.5 Å². The van der Waals surface area contributed by atoms with Crippen LogP contribution >= 0.6 is 0 Å². The lowest BCUT2D eigenvalue weighted by Gasteiger charge is -2.24. The van der Waals surface area contributed by atoms with Crippen LogP contribution in [0.1, 0.15) is 16.8 Å². The van der Waals surface area contributed by atoms with Crippen molar-refractivity contribution >= 4 is 22.8 Å². The summed E-state index contributed by atoms with van der Waals surface area (Å²) in [5.41, 5.74) is -3.76. The van der Waals surface area contributed by atoms with Crippen molar-refractivity contribution in [2.24, 2.45) is 5.92 Å². The summed E-state index contributed by atoms with van der Waals surface area (Å²) in [6.45, 7) is 0.597. The van der Waals surface area contributed by atoms with Gasteiger partial charge in [-0.3, -0.25) is 14.2 Å². The van der Waals surface area contributed by atoms with Gasteiger partial charge in [-0.2, -0.15) is 26.3 Å². The summed E-state index contributed by atoms with van der Waals surface area (Å²) in [4.78, 5) is 35.0. The third kappa shape index (κ3) is 4.41. The number of carbonyl (C=O) groups is 1. The molecule has 0 radical (unpaired) electrons. The molecule has 2 unspecified atom stereocenters. The summed E-state index contributed by atoms with van der Waals surface area (Å²) in [6, 6.07) is -1.50. The molecule has 1 aliphatic heterocycles. The van der Waals surface area contributed by atoms with Gasteiger partial charge < -0.3 is 15.3 Å². The molecule has 4 heterocycles. The van der Waals surface area contributed by atoms with Gasteiger partial charge in [-0.1, -0.05) is 0 Å². The summed E-state index contributed by atoms with van der Waals surface area (Å²) < 4.78 is 107. The first-order valence-electron chi connectivity index (χ1n) is 10.9. The zero-order chi connectivity index (χ0) is 27.8. The van der Waals surface area contributed by atoms with Crippen molar-refractivity contribution in [3.05, 3.63) is 58.0 Å². The number of piperidine rings is 1. The molecule has 3 aromatic rings. The highest BCUT2D eigenvalue weighted by molar-refractivity contribution is 5.97. The molecule has 1 saturated heterocycles. The van der Waals surface area contributed by atoms with E-state index in [0.29, 0.717) is 36.0 Å². The topological polar surface area (TPSA) is 100 Å². The monoisotopic (exact) mass is 549 g/mol. The summed E-state index contributed by atoms with van der Waals surface area (Å²) in [6.07, 6.45) is -10.2. The van der Waals surface area contributed by atoms with Gasteiger partial charge >= 0.3 is 12.4 Å². The normalized spacial score (nSPS) is 21.2. The molecule has 0 spiro atoms. The molecule has 1 saturated carbocycles. The fourth-order valence-corrected chi connectivity index (χ4v) is 4.47. The number of halogens is 8. The molecular weight excluding hydrogens is 534 g/mol. The number of aromatic nitrogens is 3. The SMILES string of the molecule is O=C(NC(C(F)(F)F)C(F)(F)F)c1cn(-c2ncc(F)cc2F)c2nc(N3CC4CC4(O)C3)ccc2c1=O. The second kappa shape index (κ2) is 8.34. The fourth-order valence-electron chi connectivity index (χ4n) is 4.47. The molecule has 3 aromatic heterocycles. The third-order valence-corrected chi connectivity index (χ3v) is 6.46. The summed E-state index contributed by atoms with van der Waals surface area (Å²) in [5.74, 6) is -5.01. The first-order chi connectivity index (χ1) is 17.6. The molecule has 5 rings (SSSR count). The molecular formula is C22H15F8N5O3. The van der Waals surface area contributed by atoms with Crippen LogP contribution in [0.25, 0.3) is 16.9 Å². The average molecular weight is 549 g/mol. The van der Waals surface area contributed by atoms with Gasteiger partial charge in [0.25, 0.3) is 5.91 Å². The zero-order valence-electron chi connectivity index (χ0n) is 18.7. The Morgan fingerprint density at radius 3 is 2.42 bits per heavy atom. The van der Waals surface area contributed by atoms with Crippen LogP contribution in [0.5, 0.6) is 0 Å². The minimum Gasteiger partial charge on any atom is -0.388 e. The Morgan fingerprint density at radius 1 is 1.16 bits per heavy atom. The largest absolute Gasteiger partial charge is 0.417 e. The Morgan fingerprint density at radius 2 is 1.84 bits per heavy atom. The van der Waals surface area contributed by atoms with Crippen LogP contribution in [0.15, 0.2) is 35.4 Å². The highest BCUT2D eigenvalue weighted by Crippen LogP contribution is 2.50. The lowest BCUT2D eigenvalue weighted by atomic mass is 10.1. The van der Waals surface area contributed by atoms with Crippen LogP contribution in [0.3, 0.4) is 0 Å². The third-order valence-electron chi connectivity index (χ3n) is 6.46. The summed E-state index contributed by atoms with van der Waals surface area (Å²) >= 11 is 0. The van der Waals surface area contributed by atoms with Crippen molar-refractivity contribution in [1.82, 2.24) is 19.9 Å². The Balaban J connectivity index is 1.66. The number of nitrogens with one attached hydrogen (secondary N) is 1. The number of fused-ring (bicyclic) bond motifs is 2. The molecule has 2 N–H and O–H groups in total. The van der Waals surface area contributed by atoms with Crippen molar-refractivity contribution in [2.45, 2.75) is 30.4 Å². The number of aliphatic hydroxyl groups is 1. The first-order valence-corrected chi connectivity index (χ1v) is 10.9. The molecule has 16 heteroatoms. The molecule has 1 amide bonds. The number of carbonyl (C=O) groups excluding carboxylic acids is 1. The van der Waals surface area contributed by atoms with E-state index in [1.807, 2.05) is 0 Å². The van der Waals surface area contributed by atoms with Gasteiger partial charge in [0, 0.05) is 31.3 Å². The predicted octanol–water partition coefficient (Wildman–Crippen LogP) is 2.85. The summed E-state index contributed by atoms with van der Waals surface area (Å²) in [5, 5.41) is 10.6. The van der Waals surface area contributed by atoms with Crippen LogP contribution in [-0.2, 0) is 0 Å². The molecule has 0 aromatic carbocycles. The van der Waals surface area contributed by atoms with Gasteiger partial charge in [-0.15, -0.1) is 0 Å². The van der Waals surface area contributed by atoms with Gasteiger partial charge in [-0.05, 0) is 18.6 Å². The molecule has 2 aliphatic rings. The quantitative estimate of drug-likeness (QED) is 0.486. The Bertz CT molecular complexity index is 1510. The molecule has 2 atom stereocenters. The van der Waals surface area contributed by atoms with Crippen LogP contribution < -0.4 is 15.6 Å². The number of hydrogen-bond donors (Lipinski definition) is 2. The van der Waals surface area contributed by atoms with Crippen LogP contribution in [0.2, 0.25) is 0 Å². The smallest absolute Gasteiger partial charge is 0.388 e. The van der Waals surface area contributed by atoms with E-state index in [4.69, 9.17) is 0 Å². The molecule has 1 aliphatic carbocycles. The maximum absolute atomic E-state index is 14.7. The van der Waals surface area contributed by atoms with Crippen molar-refractivity contribution in [2.75, 3.05) is 18.0 Å².